The number of anilines is 2. The van der Waals surface area contributed by atoms with Gasteiger partial charge < -0.3 is 14.6 Å². The highest BCUT2D eigenvalue weighted by atomic mass is 16.4. The third kappa shape index (κ3) is 5.14. The van der Waals surface area contributed by atoms with Gasteiger partial charge in [-0.05, 0) is 67.4 Å². The third-order valence-corrected chi connectivity index (χ3v) is 8.82. The third-order valence-electron chi connectivity index (χ3n) is 8.82. The molecule has 0 amide bonds. The fourth-order valence-electron chi connectivity index (χ4n) is 6.72. The number of oxazole rings is 1. The fraction of sp³-hybridized carbons (Fsp3) is 0.815. The molecule has 2 aliphatic heterocycles. The summed E-state index contributed by atoms with van der Waals surface area (Å²) in [6, 6.07) is 0.852. The number of nitrogens with zero attached hydrogens (tertiary/aromatic N) is 2. The van der Waals surface area contributed by atoms with E-state index in [2.05, 4.69) is 23.2 Å². The van der Waals surface area contributed by atoms with E-state index in [0.717, 1.165) is 60.9 Å². The number of aromatic nitrogens is 1. The number of hydrogen-bond acceptors (Lipinski definition) is 4. The lowest BCUT2D eigenvalue weighted by Gasteiger charge is -2.29. The van der Waals surface area contributed by atoms with Gasteiger partial charge in [-0.2, -0.15) is 4.98 Å². The monoisotopic (exact) mass is 425 g/mol. The van der Waals surface area contributed by atoms with Crippen molar-refractivity contribution in [1.29, 1.82) is 0 Å². The standard InChI is InChI=1S/C27H43N3O/c1-20-11-13-23(14-12-20)24-18-25-26(28-19-24)29-27(31-25)30-16-7-10-22(15-17-30)21-8-5-3-2-4-6-9-21/h18,20-23,28H,2-17,19H2,1H3. The molecule has 3 heterocycles. The highest BCUT2D eigenvalue weighted by molar-refractivity contribution is 5.67. The Labute approximate surface area is 189 Å². The van der Waals surface area contributed by atoms with Crippen LogP contribution in [0, 0.1) is 23.7 Å². The fourth-order valence-corrected chi connectivity index (χ4v) is 6.72. The average molecular weight is 426 g/mol. The minimum Gasteiger partial charge on any atom is -0.422 e. The first-order valence-electron chi connectivity index (χ1n) is 13.5. The molecule has 1 aromatic heterocycles. The van der Waals surface area contributed by atoms with Crippen LogP contribution in [-0.4, -0.2) is 24.6 Å². The predicted octanol–water partition coefficient (Wildman–Crippen LogP) is 7.28. The van der Waals surface area contributed by atoms with Crippen molar-refractivity contribution in [3.05, 3.63) is 11.3 Å². The average Bonchev–Trinajstić information content (AvgIpc) is 3.03. The molecule has 1 aromatic rings. The Hall–Kier alpha value is -1.45. The SMILES string of the molecule is CC1CCC(C2=Cc3oc(N4CCCC(C5CCCCCCC5)CC4)nc3NC2)CC1. The van der Waals surface area contributed by atoms with Gasteiger partial charge in [0.15, 0.2) is 11.6 Å². The Balaban J connectivity index is 1.22. The smallest absolute Gasteiger partial charge is 0.299 e. The Morgan fingerprint density at radius 2 is 1.55 bits per heavy atom. The molecule has 1 unspecified atom stereocenters. The van der Waals surface area contributed by atoms with Crippen LogP contribution in [0.25, 0.3) is 6.08 Å². The van der Waals surface area contributed by atoms with E-state index >= 15 is 0 Å². The molecule has 4 heteroatoms. The lowest BCUT2D eigenvalue weighted by Crippen LogP contribution is -2.25. The minimum atomic E-state index is 0.730. The molecule has 0 radical (unpaired) electrons. The van der Waals surface area contributed by atoms with Crippen LogP contribution in [0.2, 0.25) is 0 Å². The van der Waals surface area contributed by atoms with Gasteiger partial charge in [0.25, 0.3) is 6.01 Å². The van der Waals surface area contributed by atoms with Crippen molar-refractivity contribution < 1.29 is 4.42 Å². The number of hydrogen-bond donors (Lipinski definition) is 1. The summed E-state index contributed by atoms with van der Waals surface area (Å²) >= 11 is 0. The van der Waals surface area contributed by atoms with E-state index in [-0.39, 0.29) is 0 Å². The van der Waals surface area contributed by atoms with Crippen LogP contribution in [-0.2, 0) is 0 Å². The van der Waals surface area contributed by atoms with E-state index in [0.29, 0.717) is 0 Å². The summed E-state index contributed by atoms with van der Waals surface area (Å²) in [7, 11) is 0. The van der Waals surface area contributed by atoms with Crippen molar-refractivity contribution >= 4 is 17.9 Å². The van der Waals surface area contributed by atoms with E-state index in [1.807, 2.05) is 0 Å². The largest absolute Gasteiger partial charge is 0.422 e. The molecule has 0 bridgehead atoms. The first-order valence-corrected chi connectivity index (χ1v) is 13.5. The van der Waals surface area contributed by atoms with Gasteiger partial charge in [-0.25, -0.2) is 0 Å². The molecular weight excluding hydrogens is 382 g/mol. The quantitative estimate of drug-likeness (QED) is 0.552. The first-order chi connectivity index (χ1) is 15.3. The minimum absolute atomic E-state index is 0.730. The van der Waals surface area contributed by atoms with Gasteiger partial charge in [-0.15, -0.1) is 0 Å². The topological polar surface area (TPSA) is 41.3 Å². The Morgan fingerprint density at radius 3 is 2.35 bits per heavy atom. The Kier molecular flexibility index (Phi) is 6.90. The number of rotatable bonds is 3. The van der Waals surface area contributed by atoms with E-state index < -0.39 is 0 Å². The maximum atomic E-state index is 6.34. The molecule has 172 valence electrons. The summed E-state index contributed by atoms with van der Waals surface area (Å²) in [6.45, 7) is 5.55. The van der Waals surface area contributed by atoms with Crippen LogP contribution in [0.4, 0.5) is 11.8 Å². The molecule has 2 aliphatic carbocycles. The Bertz CT molecular complexity index is 738. The van der Waals surface area contributed by atoms with Gasteiger partial charge >= 0.3 is 0 Å². The summed E-state index contributed by atoms with van der Waals surface area (Å²) in [6.07, 6.45) is 21.9. The molecule has 0 aromatic carbocycles. The molecular formula is C27H43N3O. The summed E-state index contributed by atoms with van der Waals surface area (Å²) in [5.74, 6) is 5.43. The zero-order chi connectivity index (χ0) is 21.0. The molecule has 0 spiro atoms. The van der Waals surface area contributed by atoms with Crippen LogP contribution in [0.15, 0.2) is 9.99 Å². The number of fused-ring (bicyclic) bond motifs is 1. The maximum Gasteiger partial charge on any atom is 0.299 e. The van der Waals surface area contributed by atoms with Crippen LogP contribution >= 0.6 is 0 Å². The van der Waals surface area contributed by atoms with Crippen molar-refractivity contribution in [1.82, 2.24) is 4.98 Å². The van der Waals surface area contributed by atoms with Crippen molar-refractivity contribution in [3.63, 3.8) is 0 Å². The highest BCUT2D eigenvalue weighted by Crippen LogP contribution is 2.39. The predicted molar refractivity (Wildman–Crippen MR) is 129 cm³/mol. The van der Waals surface area contributed by atoms with Crippen LogP contribution in [0.3, 0.4) is 0 Å². The van der Waals surface area contributed by atoms with E-state index in [1.54, 1.807) is 0 Å². The molecule has 1 N–H and O–H groups in total. The highest BCUT2D eigenvalue weighted by Gasteiger charge is 2.29. The molecule has 1 saturated heterocycles. The molecule has 4 nitrogen and oxygen atoms in total. The van der Waals surface area contributed by atoms with Crippen LogP contribution in [0.5, 0.6) is 0 Å². The van der Waals surface area contributed by atoms with Crippen molar-refractivity contribution in [2.45, 2.75) is 96.8 Å². The first kappa shape index (κ1) is 21.4. The van der Waals surface area contributed by atoms with Crippen LogP contribution in [0.1, 0.15) is 103 Å². The van der Waals surface area contributed by atoms with Crippen molar-refractivity contribution in [3.8, 4) is 0 Å². The van der Waals surface area contributed by atoms with Crippen molar-refractivity contribution in [2.24, 2.45) is 23.7 Å². The summed E-state index contributed by atoms with van der Waals surface area (Å²) < 4.78 is 6.34. The second-order valence-electron chi connectivity index (χ2n) is 11.0. The van der Waals surface area contributed by atoms with Gasteiger partial charge in [0.1, 0.15) is 0 Å². The summed E-state index contributed by atoms with van der Waals surface area (Å²) in [5, 5.41) is 3.57. The molecule has 1 atom stereocenters. The lowest BCUT2D eigenvalue weighted by atomic mass is 9.78. The van der Waals surface area contributed by atoms with E-state index in [1.165, 1.54) is 95.5 Å². The Morgan fingerprint density at radius 1 is 0.839 bits per heavy atom. The molecule has 4 aliphatic rings. The summed E-state index contributed by atoms with van der Waals surface area (Å²) in [4.78, 5) is 7.31. The zero-order valence-electron chi connectivity index (χ0n) is 19.7. The van der Waals surface area contributed by atoms with Crippen molar-refractivity contribution in [2.75, 3.05) is 29.9 Å². The van der Waals surface area contributed by atoms with Crippen LogP contribution < -0.4 is 10.2 Å². The second kappa shape index (κ2) is 10.0. The normalized spacial score (nSPS) is 31.1. The molecule has 5 rings (SSSR count). The zero-order valence-corrected chi connectivity index (χ0v) is 19.7. The van der Waals surface area contributed by atoms with E-state index in [9.17, 15) is 0 Å². The summed E-state index contributed by atoms with van der Waals surface area (Å²) in [5.41, 5.74) is 1.53. The molecule has 31 heavy (non-hydrogen) atoms. The molecule has 3 fully saturated rings. The van der Waals surface area contributed by atoms with E-state index in [4.69, 9.17) is 9.40 Å². The van der Waals surface area contributed by atoms with Gasteiger partial charge in [0.05, 0.1) is 0 Å². The maximum absolute atomic E-state index is 6.34. The van der Waals surface area contributed by atoms with Gasteiger partial charge in [0, 0.05) is 19.6 Å². The lowest BCUT2D eigenvalue weighted by molar-refractivity contribution is 0.246. The molecule has 2 saturated carbocycles. The van der Waals surface area contributed by atoms with Gasteiger partial charge in [-0.1, -0.05) is 64.7 Å². The van der Waals surface area contributed by atoms with Gasteiger partial charge in [-0.3, -0.25) is 0 Å². The van der Waals surface area contributed by atoms with Gasteiger partial charge in [0.2, 0.25) is 0 Å². The number of nitrogens with one attached hydrogen (secondary N) is 1. The second-order valence-corrected chi connectivity index (χ2v) is 11.0.